The van der Waals surface area contributed by atoms with E-state index in [-0.39, 0.29) is 18.2 Å². The van der Waals surface area contributed by atoms with Gasteiger partial charge in [-0.25, -0.2) is 4.79 Å². The van der Waals surface area contributed by atoms with Crippen molar-refractivity contribution in [2.24, 2.45) is 5.92 Å². The molecule has 0 fully saturated rings. The number of thiol groups is 1. The van der Waals surface area contributed by atoms with Gasteiger partial charge in [-0.3, -0.25) is 4.79 Å². The number of fused-ring (bicyclic) bond motifs is 2. The minimum atomic E-state index is -1.05. The molecular weight excluding hydrogens is 420 g/mol. The van der Waals surface area contributed by atoms with Gasteiger partial charge in [0, 0.05) is 34.3 Å². The number of carboxylic acids is 1. The van der Waals surface area contributed by atoms with E-state index in [9.17, 15) is 14.7 Å². The number of aromatic nitrogens is 1. The third kappa shape index (κ3) is 4.07. The smallest absolute Gasteiger partial charge is 0.326 e. The molecule has 1 amide bonds. The number of amides is 1. The second-order valence-electron chi connectivity index (χ2n) is 7.74. The third-order valence-corrected chi connectivity index (χ3v) is 6.59. The number of aryl methyl sites for hydroxylation is 1. The second kappa shape index (κ2) is 8.74. The number of hydrogen-bond acceptors (Lipinski definition) is 3. The van der Waals surface area contributed by atoms with Crippen molar-refractivity contribution in [1.82, 2.24) is 10.3 Å². The normalized spacial score (nSPS) is 17.5. The molecule has 1 aliphatic carbocycles. The average Bonchev–Trinajstić information content (AvgIpc) is 3.32. The molecule has 3 N–H and O–H groups in total. The first kappa shape index (κ1) is 20.8. The molecule has 5 nitrogen and oxygen atoms in total. The fraction of sp³-hybridized carbons (Fsp3) is 0.304. The zero-order valence-corrected chi connectivity index (χ0v) is 17.9. The fourth-order valence-corrected chi connectivity index (χ4v) is 5.04. The summed E-state index contributed by atoms with van der Waals surface area (Å²) in [5, 5.41) is 14.2. The lowest BCUT2D eigenvalue weighted by Gasteiger charge is -2.24. The summed E-state index contributed by atoms with van der Waals surface area (Å²) in [6.07, 6.45) is 3.70. The summed E-state index contributed by atoms with van der Waals surface area (Å²) in [6, 6.07) is 12.5. The lowest BCUT2D eigenvalue weighted by molar-refractivity contribution is -0.142. The largest absolute Gasteiger partial charge is 0.480 e. The van der Waals surface area contributed by atoms with Crippen molar-refractivity contribution >= 4 is 47.0 Å². The maximum absolute atomic E-state index is 13.1. The fourth-order valence-electron chi connectivity index (χ4n) is 4.43. The number of hydrogen-bond donors (Lipinski definition) is 4. The minimum Gasteiger partial charge on any atom is -0.480 e. The lowest BCUT2D eigenvalue weighted by atomic mass is 9.87. The molecule has 2 aromatic carbocycles. The van der Waals surface area contributed by atoms with E-state index >= 15 is 0 Å². The monoisotopic (exact) mass is 442 g/mol. The number of H-pyrrole nitrogens is 1. The van der Waals surface area contributed by atoms with Crippen LogP contribution in [0.5, 0.6) is 0 Å². The van der Waals surface area contributed by atoms with Crippen molar-refractivity contribution in [3.8, 4) is 0 Å². The number of rotatable bonds is 7. The van der Waals surface area contributed by atoms with Crippen molar-refractivity contribution < 1.29 is 14.7 Å². The second-order valence-corrected chi connectivity index (χ2v) is 8.54. The van der Waals surface area contributed by atoms with Crippen LogP contribution in [0.3, 0.4) is 0 Å². The van der Waals surface area contributed by atoms with Gasteiger partial charge < -0.3 is 15.4 Å². The topological polar surface area (TPSA) is 82.2 Å². The number of halogens is 1. The summed E-state index contributed by atoms with van der Waals surface area (Å²) >= 11 is 10.5. The highest BCUT2D eigenvalue weighted by Crippen LogP contribution is 2.40. The van der Waals surface area contributed by atoms with Crippen LogP contribution in [0.25, 0.3) is 10.9 Å². The summed E-state index contributed by atoms with van der Waals surface area (Å²) in [5.74, 6) is -1.37. The molecule has 4 rings (SSSR count). The molecule has 0 spiro atoms. The molecule has 0 saturated carbocycles. The van der Waals surface area contributed by atoms with Gasteiger partial charge in [-0.05, 0) is 53.6 Å². The van der Waals surface area contributed by atoms with Gasteiger partial charge in [-0.2, -0.15) is 12.6 Å². The summed E-state index contributed by atoms with van der Waals surface area (Å²) in [4.78, 5) is 28.1. The van der Waals surface area contributed by atoms with E-state index in [0.717, 1.165) is 40.4 Å². The van der Waals surface area contributed by atoms with Gasteiger partial charge in [0.15, 0.2) is 0 Å². The van der Waals surface area contributed by atoms with Gasteiger partial charge >= 0.3 is 5.97 Å². The molecule has 2 unspecified atom stereocenters. The molecule has 0 bridgehead atoms. The number of benzene rings is 2. The van der Waals surface area contributed by atoms with Gasteiger partial charge in [0.25, 0.3) is 0 Å². The highest BCUT2D eigenvalue weighted by molar-refractivity contribution is 7.80. The van der Waals surface area contributed by atoms with E-state index < -0.39 is 17.9 Å². The maximum atomic E-state index is 13.1. The summed E-state index contributed by atoms with van der Waals surface area (Å²) in [7, 11) is 0. The first-order valence-corrected chi connectivity index (χ1v) is 11.0. The van der Waals surface area contributed by atoms with Crippen molar-refractivity contribution in [3.05, 3.63) is 70.4 Å². The van der Waals surface area contributed by atoms with E-state index in [1.165, 1.54) is 0 Å². The Bertz CT molecular complexity index is 1100. The Labute approximate surface area is 185 Å². The van der Waals surface area contributed by atoms with Crippen LogP contribution in [0.2, 0.25) is 5.02 Å². The van der Waals surface area contributed by atoms with E-state index in [4.69, 9.17) is 11.6 Å². The third-order valence-electron chi connectivity index (χ3n) is 5.96. The van der Waals surface area contributed by atoms with Crippen LogP contribution in [-0.2, 0) is 22.4 Å². The standard InChI is InChI=1S/C23H23ClN2O3S/c24-15-6-8-16-13(9-15)5-7-18(16)19(12-30)22(27)26-21(23(28)29)10-14-11-25-20-4-2-1-3-17(14)20/h1-4,6,8-9,11,18-19,21,25,30H,5,7,10,12H2,(H,26,27)(H,28,29)/t18?,19?,21-/m0/s1. The highest BCUT2D eigenvalue weighted by atomic mass is 35.5. The SMILES string of the molecule is O=C(N[C@@H](Cc1c[nH]c2ccccc12)C(=O)O)C(CS)C1CCc2cc(Cl)ccc21. The van der Waals surface area contributed by atoms with E-state index in [1.54, 1.807) is 6.20 Å². The van der Waals surface area contributed by atoms with Crippen LogP contribution in [0.15, 0.2) is 48.7 Å². The number of carbonyl (C=O) groups excluding carboxylic acids is 1. The molecule has 0 radical (unpaired) electrons. The zero-order chi connectivity index (χ0) is 21.3. The number of carbonyl (C=O) groups is 2. The molecule has 1 heterocycles. The molecule has 1 aliphatic rings. The molecule has 0 saturated heterocycles. The molecule has 7 heteroatoms. The van der Waals surface area contributed by atoms with Gasteiger partial charge in [0.2, 0.25) is 5.91 Å². The number of carboxylic acid groups (broad SMARTS) is 1. The Morgan fingerprint density at radius 2 is 2.07 bits per heavy atom. The molecular formula is C23H23ClN2O3S. The van der Waals surface area contributed by atoms with Gasteiger partial charge in [0.1, 0.15) is 6.04 Å². The van der Waals surface area contributed by atoms with Crippen molar-refractivity contribution in [2.75, 3.05) is 5.75 Å². The Morgan fingerprint density at radius 1 is 1.27 bits per heavy atom. The molecule has 0 aliphatic heterocycles. The molecule has 156 valence electrons. The Morgan fingerprint density at radius 3 is 2.83 bits per heavy atom. The van der Waals surface area contributed by atoms with E-state index in [1.807, 2.05) is 42.5 Å². The predicted molar refractivity (Wildman–Crippen MR) is 121 cm³/mol. The lowest BCUT2D eigenvalue weighted by Crippen LogP contribution is -2.46. The zero-order valence-electron chi connectivity index (χ0n) is 16.3. The average molecular weight is 443 g/mol. The maximum Gasteiger partial charge on any atom is 0.326 e. The first-order valence-electron chi connectivity index (χ1n) is 9.95. The van der Waals surface area contributed by atoms with Crippen LogP contribution in [0.1, 0.15) is 29.0 Å². The van der Waals surface area contributed by atoms with Crippen molar-refractivity contribution in [2.45, 2.75) is 31.2 Å². The Hall–Kier alpha value is -2.44. The molecule has 3 atom stereocenters. The van der Waals surface area contributed by atoms with Gasteiger partial charge in [0.05, 0.1) is 5.92 Å². The van der Waals surface area contributed by atoms with E-state index in [0.29, 0.717) is 10.8 Å². The van der Waals surface area contributed by atoms with Crippen molar-refractivity contribution in [3.63, 3.8) is 0 Å². The minimum absolute atomic E-state index is 0.0114. The number of aliphatic carboxylic acids is 1. The van der Waals surface area contributed by atoms with E-state index in [2.05, 4.69) is 22.9 Å². The molecule has 1 aromatic heterocycles. The van der Waals surface area contributed by atoms with Crippen LogP contribution < -0.4 is 5.32 Å². The summed E-state index contributed by atoms with van der Waals surface area (Å²) < 4.78 is 0. The van der Waals surface area contributed by atoms with Crippen LogP contribution in [0, 0.1) is 5.92 Å². The quantitative estimate of drug-likeness (QED) is 0.414. The molecule has 30 heavy (non-hydrogen) atoms. The highest BCUT2D eigenvalue weighted by Gasteiger charge is 2.35. The predicted octanol–water partition coefficient (Wildman–Crippen LogP) is 4.21. The molecule has 3 aromatic rings. The first-order chi connectivity index (χ1) is 14.5. The Balaban J connectivity index is 1.52. The summed E-state index contributed by atoms with van der Waals surface area (Å²) in [6.45, 7) is 0. The number of para-hydroxylation sites is 1. The number of nitrogens with one attached hydrogen (secondary N) is 2. The summed E-state index contributed by atoms with van der Waals surface area (Å²) in [5.41, 5.74) is 4.07. The van der Waals surface area contributed by atoms with Crippen LogP contribution >= 0.6 is 24.2 Å². The van der Waals surface area contributed by atoms with Gasteiger partial charge in [-0.15, -0.1) is 0 Å². The number of aromatic amines is 1. The van der Waals surface area contributed by atoms with Crippen LogP contribution in [0.4, 0.5) is 0 Å². The van der Waals surface area contributed by atoms with Crippen molar-refractivity contribution in [1.29, 1.82) is 0 Å². The van der Waals surface area contributed by atoms with Gasteiger partial charge in [-0.1, -0.05) is 35.9 Å². The Kier molecular flexibility index (Phi) is 6.06. The van der Waals surface area contributed by atoms with Crippen LogP contribution in [-0.4, -0.2) is 33.8 Å².